The minimum Gasteiger partial charge on any atom is -0.368 e. The van der Waals surface area contributed by atoms with Crippen LogP contribution < -0.4 is 11.1 Å². The van der Waals surface area contributed by atoms with Crippen LogP contribution in [0.3, 0.4) is 0 Å². The Morgan fingerprint density at radius 1 is 1.09 bits per heavy atom. The van der Waals surface area contributed by atoms with E-state index in [9.17, 15) is 9.59 Å². The molecule has 0 saturated heterocycles. The smallest absolute Gasteiger partial charge is 0.251 e. The van der Waals surface area contributed by atoms with Crippen LogP contribution in [0.2, 0.25) is 0 Å². The first-order chi connectivity index (χ1) is 11.1. The maximum absolute atomic E-state index is 12.2. The Kier molecular flexibility index (Phi) is 5.48. The number of aryl methyl sites for hydroxylation is 1. The lowest BCUT2D eigenvalue weighted by atomic mass is 10.0. The molecule has 0 unspecified atom stereocenters. The van der Waals surface area contributed by atoms with E-state index in [-0.39, 0.29) is 5.91 Å². The van der Waals surface area contributed by atoms with Gasteiger partial charge in [-0.3, -0.25) is 9.59 Å². The van der Waals surface area contributed by atoms with E-state index in [0.717, 1.165) is 5.56 Å². The molecule has 0 radical (unpaired) electrons. The monoisotopic (exact) mass is 307 g/mol. The Labute approximate surface area is 134 Å². The molecule has 5 nitrogen and oxygen atoms in total. The van der Waals surface area contributed by atoms with Crippen molar-refractivity contribution >= 4 is 11.8 Å². The lowest BCUT2D eigenvalue weighted by Gasteiger charge is -2.15. The molecule has 3 N–H and O–H groups in total. The third-order valence-corrected chi connectivity index (χ3v) is 3.49. The maximum atomic E-state index is 12.2. The summed E-state index contributed by atoms with van der Waals surface area (Å²) in [4.78, 5) is 23.7. The summed E-state index contributed by atoms with van der Waals surface area (Å²) in [6, 6.07) is 17.1. The standard InChI is InChI=1S/C18H17N3O2/c19-12-14-6-9-15(10-7-14)18(23)21-16(17(20)22)11-8-13-4-2-1-3-5-13/h1-7,9-10,16H,8,11H2,(H2,20,22)(H,21,23)/t16-/m0/s1. The zero-order chi connectivity index (χ0) is 16.7. The Hall–Kier alpha value is -3.13. The molecule has 23 heavy (non-hydrogen) atoms. The third-order valence-electron chi connectivity index (χ3n) is 3.49. The number of benzene rings is 2. The molecular formula is C18H17N3O2. The molecule has 116 valence electrons. The molecule has 0 heterocycles. The zero-order valence-corrected chi connectivity index (χ0v) is 12.5. The molecule has 0 aromatic heterocycles. The first-order valence-electron chi connectivity index (χ1n) is 7.24. The van der Waals surface area contributed by atoms with Crippen LogP contribution in [0.25, 0.3) is 0 Å². The van der Waals surface area contributed by atoms with Crippen LogP contribution in [0.5, 0.6) is 0 Å². The van der Waals surface area contributed by atoms with Gasteiger partial charge in [-0.2, -0.15) is 5.26 Å². The first kappa shape index (κ1) is 16.2. The summed E-state index contributed by atoms with van der Waals surface area (Å²) < 4.78 is 0. The van der Waals surface area contributed by atoms with Crippen molar-refractivity contribution in [2.75, 3.05) is 0 Å². The van der Waals surface area contributed by atoms with Crippen LogP contribution in [-0.4, -0.2) is 17.9 Å². The number of hydrogen-bond donors (Lipinski definition) is 2. The van der Waals surface area contributed by atoms with Crippen molar-refractivity contribution in [1.29, 1.82) is 5.26 Å². The van der Waals surface area contributed by atoms with Gasteiger partial charge in [0.15, 0.2) is 0 Å². The molecule has 2 amide bonds. The van der Waals surface area contributed by atoms with E-state index in [1.54, 1.807) is 24.3 Å². The van der Waals surface area contributed by atoms with Gasteiger partial charge in [-0.05, 0) is 42.7 Å². The molecule has 0 aliphatic carbocycles. The summed E-state index contributed by atoms with van der Waals surface area (Å²) in [7, 11) is 0. The Balaban J connectivity index is 1.99. The second-order valence-electron chi connectivity index (χ2n) is 5.14. The zero-order valence-electron chi connectivity index (χ0n) is 12.5. The van der Waals surface area contributed by atoms with Gasteiger partial charge in [0.05, 0.1) is 11.6 Å². The molecule has 0 aliphatic rings. The van der Waals surface area contributed by atoms with E-state index in [4.69, 9.17) is 11.0 Å². The van der Waals surface area contributed by atoms with Gasteiger partial charge in [-0.1, -0.05) is 30.3 Å². The maximum Gasteiger partial charge on any atom is 0.251 e. The van der Waals surface area contributed by atoms with Crippen molar-refractivity contribution in [2.45, 2.75) is 18.9 Å². The highest BCUT2D eigenvalue weighted by molar-refractivity contribution is 5.97. The molecular weight excluding hydrogens is 290 g/mol. The number of nitrogens with two attached hydrogens (primary N) is 1. The molecule has 2 rings (SSSR count). The molecule has 0 spiro atoms. The fourth-order valence-electron chi connectivity index (χ4n) is 2.18. The van der Waals surface area contributed by atoms with Crippen LogP contribution in [0, 0.1) is 11.3 Å². The number of rotatable bonds is 6. The van der Waals surface area contributed by atoms with Gasteiger partial charge >= 0.3 is 0 Å². The number of hydrogen-bond acceptors (Lipinski definition) is 3. The lowest BCUT2D eigenvalue weighted by molar-refractivity contribution is -0.120. The van der Waals surface area contributed by atoms with Gasteiger partial charge in [0.1, 0.15) is 6.04 Å². The summed E-state index contributed by atoms with van der Waals surface area (Å²) in [5.74, 6) is -0.950. The van der Waals surface area contributed by atoms with Crippen molar-refractivity contribution in [3.05, 3.63) is 71.3 Å². The second-order valence-corrected chi connectivity index (χ2v) is 5.14. The highest BCUT2D eigenvalue weighted by Crippen LogP contribution is 2.07. The summed E-state index contributed by atoms with van der Waals surface area (Å²) in [6.45, 7) is 0. The number of nitrogens with one attached hydrogen (secondary N) is 1. The summed E-state index contributed by atoms with van der Waals surface area (Å²) in [6.07, 6.45) is 1.07. The normalized spacial score (nSPS) is 11.3. The van der Waals surface area contributed by atoms with Gasteiger partial charge in [0.2, 0.25) is 5.91 Å². The molecule has 0 aliphatic heterocycles. The van der Waals surface area contributed by atoms with Crippen molar-refractivity contribution in [3.8, 4) is 6.07 Å². The topological polar surface area (TPSA) is 96.0 Å². The number of carbonyl (C=O) groups excluding carboxylic acids is 2. The fourth-order valence-corrected chi connectivity index (χ4v) is 2.18. The minimum atomic E-state index is -0.738. The highest BCUT2D eigenvalue weighted by Gasteiger charge is 2.18. The summed E-state index contributed by atoms with van der Waals surface area (Å²) in [5.41, 5.74) is 7.31. The lowest BCUT2D eigenvalue weighted by Crippen LogP contribution is -2.44. The van der Waals surface area contributed by atoms with E-state index in [1.165, 1.54) is 0 Å². The average Bonchev–Trinajstić information content (AvgIpc) is 2.59. The Morgan fingerprint density at radius 2 is 1.74 bits per heavy atom. The van der Waals surface area contributed by atoms with E-state index in [0.29, 0.717) is 24.0 Å². The van der Waals surface area contributed by atoms with Crippen molar-refractivity contribution in [1.82, 2.24) is 5.32 Å². The Bertz CT molecular complexity index is 718. The molecule has 0 bridgehead atoms. The van der Waals surface area contributed by atoms with Gasteiger partial charge in [0, 0.05) is 5.56 Å². The number of nitrogens with zero attached hydrogens (tertiary/aromatic N) is 1. The summed E-state index contributed by atoms with van der Waals surface area (Å²) in [5, 5.41) is 11.4. The molecule has 5 heteroatoms. The van der Waals surface area contributed by atoms with Crippen LogP contribution in [0.1, 0.15) is 27.9 Å². The van der Waals surface area contributed by atoms with E-state index < -0.39 is 11.9 Å². The van der Waals surface area contributed by atoms with E-state index >= 15 is 0 Å². The number of primary amides is 1. The average molecular weight is 307 g/mol. The SMILES string of the molecule is N#Cc1ccc(C(=O)N[C@@H](CCc2ccccc2)C(N)=O)cc1. The second kappa shape index (κ2) is 7.76. The van der Waals surface area contributed by atoms with Gasteiger partial charge in [-0.15, -0.1) is 0 Å². The largest absolute Gasteiger partial charge is 0.368 e. The molecule has 2 aromatic rings. The van der Waals surface area contributed by atoms with E-state index in [1.807, 2.05) is 36.4 Å². The first-order valence-corrected chi connectivity index (χ1v) is 7.24. The van der Waals surface area contributed by atoms with Crippen LogP contribution in [0.15, 0.2) is 54.6 Å². The van der Waals surface area contributed by atoms with Crippen molar-refractivity contribution in [2.24, 2.45) is 5.73 Å². The van der Waals surface area contributed by atoms with E-state index in [2.05, 4.69) is 5.32 Å². The fraction of sp³-hybridized carbons (Fsp3) is 0.167. The number of nitriles is 1. The molecule has 0 saturated carbocycles. The molecule has 2 aromatic carbocycles. The van der Waals surface area contributed by atoms with Gasteiger partial charge in [-0.25, -0.2) is 0 Å². The van der Waals surface area contributed by atoms with Gasteiger partial charge < -0.3 is 11.1 Å². The number of amides is 2. The van der Waals surface area contributed by atoms with Crippen LogP contribution in [0.4, 0.5) is 0 Å². The predicted molar refractivity (Wildman–Crippen MR) is 86.4 cm³/mol. The number of carbonyl (C=O) groups is 2. The minimum absolute atomic E-state index is 0.383. The Morgan fingerprint density at radius 3 is 2.30 bits per heavy atom. The van der Waals surface area contributed by atoms with Crippen LogP contribution >= 0.6 is 0 Å². The van der Waals surface area contributed by atoms with Crippen molar-refractivity contribution in [3.63, 3.8) is 0 Å². The van der Waals surface area contributed by atoms with Gasteiger partial charge in [0.25, 0.3) is 5.91 Å². The van der Waals surface area contributed by atoms with Crippen LogP contribution in [-0.2, 0) is 11.2 Å². The quantitative estimate of drug-likeness (QED) is 0.851. The predicted octanol–water partition coefficient (Wildman–Crippen LogP) is 1.77. The van der Waals surface area contributed by atoms with Crippen molar-refractivity contribution < 1.29 is 9.59 Å². The third kappa shape index (κ3) is 4.68. The molecule has 1 atom stereocenters. The molecule has 0 fully saturated rings. The highest BCUT2D eigenvalue weighted by atomic mass is 16.2. The summed E-state index contributed by atoms with van der Waals surface area (Å²) >= 11 is 0.